The highest BCUT2D eigenvalue weighted by Crippen LogP contribution is 2.27. The third kappa shape index (κ3) is 3.26. The predicted molar refractivity (Wildman–Crippen MR) is 92.1 cm³/mol. The summed E-state index contributed by atoms with van der Waals surface area (Å²) in [6.45, 7) is 1.83. The van der Waals surface area contributed by atoms with Crippen molar-refractivity contribution in [1.29, 1.82) is 0 Å². The second kappa shape index (κ2) is 6.37. The zero-order valence-electron chi connectivity index (χ0n) is 13.3. The molecule has 0 aliphatic heterocycles. The number of hydrogen-bond donors (Lipinski definition) is 1. The molecule has 0 saturated carbocycles. The van der Waals surface area contributed by atoms with Crippen molar-refractivity contribution in [2.75, 3.05) is 11.8 Å². The summed E-state index contributed by atoms with van der Waals surface area (Å²) in [5.74, 6) is 0.302. The van der Waals surface area contributed by atoms with E-state index in [1.54, 1.807) is 59.5 Å². The average Bonchev–Trinajstić information content (AvgIpc) is 3.09. The van der Waals surface area contributed by atoms with Gasteiger partial charge in [0.05, 0.1) is 18.5 Å². The van der Waals surface area contributed by atoms with Crippen LogP contribution in [0.15, 0.2) is 65.8 Å². The molecule has 0 aliphatic rings. The quantitative estimate of drug-likeness (QED) is 0.773. The molecule has 0 atom stereocenters. The summed E-state index contributed by atoms with van der Waals surface area (Å²) in [5, 5.41) is 4.14. The van der Waals surface area contributed by atoms with Crippen molar-refractivity contribution < 1.29 is 13.2 Å². The molecule has 1 heterocycles. The number of benzene rings is 2. The van der Waals surface area contributed by atoms with Crippen LogP contribution in [0.4, 0.5) is 5.69 Å². The van der Waals surface area contributed by atoms with Crippen LogP contribution in [0, 0.1) is 6.92 Å². The molecule has 0 unspecified atom stereocenters. The molecule has 0 aliphatic carbocycles. The van der Waals surface area contributed by atoms with Crippen molar-refractivity contribution in [3.05, 3.63) is 66.5 Å². The lowest BCUT2D eigenvalue weighted by atomic mass is 10.2. The Kier molecular flexibility index (Phi) is 4.26. The normalized spacial score (nSPS) is 11.2. The first-order chi connectivity index (χ1) is 11.5. The zero-order valence-corrected chi connectivity index (χ0v) is 14.1. The van der Waals surface area contributed by atoms with Gasteiger partial charge in [0.25, 0.3) is 10.0 Å². The van der Waals surface area contributed by atoms with Gasteiger partial charge in [-0.1, -0.05) is 12.1 Å². The van der Waals surface area contributed by atoms with E-state index in [4.69, 9.17) is 4.74 Å². The van der Waals surface area contributed by atoms with E-state index in [2.05, 4.69) is 9.82 Å². The van der Waals surface area contributed by atoms with Crippen LogP contribution in [0.1, 0.15) is 5.56 Å². The third-order valence-electron chi connectivity index (χ3n) is 3.48. The fourth-order valence-electron chi connectivity index (χ4n) is 2.34. The maximum absolute atomic E-state index is 12.7. The molecule has 1 aromatic heterocycles. The number of nitrogens with zero attached hydrogens (tertiary/aromatic N) is 2. The second-order valence-electron chi connectivity index (χ2n) is 5.26. The standard InChI is InChI=1S/C17H17N3O3S/c1-13-7-8-16(23-2)17(11-13)24(21,22)19-14-5-3-6-15(12-14)20-10-4-9-18-20/h3-12,19H,1-2H3. The Morgan fingerprint density at radius 2 is 1.96 bits per heavy atom. The van der Waals surface area contributed by atoms with Crippen LogP contribution in [-0.2, 0) is 10.0 Å². The Bertz CT molecular complexity index is 951. The number of methoxy groups -OCH3 is 1. The smallest absolute Gasteiger partial charge is 0.265 e. The summed E-state index contributed by atoms with van der Waals surface area (Å²) in [6.07, 6.45) is 3.45. The van der Waals surface area contributed by atoms with Crippen LogP contribution in [0.5, 0.6) is 5.75 Å². The first-order valence-corrected chi connectivity index (χ1v) is 8.75. The van der Waals surface area contributed by atoms with E-state index >= 15 is 0 Å². The molecule has 0 amide bonds. The Morgan fingerprint density at radius 1 is 1.12 bits per heavy atom. The average molecular weight is 343 g/mol. The fourth-order valence-corrected chi connectivity index (χ4v) is 3.64. The molecular weight excluding hydrogens is 326 g/mol. The highest BCUT2D eigenvalue weighted by Gasteiger charge is 2.20. The van der Waals surface area contributed by atoms with Crippen molar-refractivity contribution in [3.8, 4) is 11.4 Å². The molecule has 0 fully saturated rings. The number of anilines is 1. The molecular formula is C17H17N3O3S. The van der Waals surface area contributed by atoms with Gasteiger partial charge in [0, 0.05) is 12.4 Å². The summed E-state index contributed by atoms with van der Waals surface area (Å²) >= 11 is 0. The van der Waals surface area contributed by atoms with E-state index in [-0.39, 0.29) is 4.90 Å². The maximum atomic E-state index is 12.7. The zero-order chi connectivity index (χ0) is 17.2. The third-order valence-corrected chi connectivity index (χ3v) is 4.88. The van der Waals surface area contributed by atoms with Crippen LogP contribution in [-0.4, -0.2) is 25.3 Å². The molecule has 0 bridgehead atoms. The van der Waals surface area contributed by atoms with Gasteiger partial charge in [0.1, 0.15) is 10.6 Å². The number of sulfonamides is 1. The number of ether oxygens (including phenoxy) is 1. The fraction of sp³-hybridized carbons (Fsp3) is 0.118. The molecule has 0 radical (unpaired) electrons. The first-order valence-electron chi connectivity index (χ1n) is 7.27. The van der Waals surface area contributed by atoms with E-state index < -0.39 is 10.0 Å². The first kappa shape index (κ1) is 16.1. The van der Waals surface area contributed by atoms with Crippen molar-refractivity contribution in [3.63, 3.8) is 0 Å². The van der Waals surface area contributed by atoms with E-state index in [9.17, 15) is 8.42 Å². The number of aromatic nitrogens is 2. The van der Waals surface area contributed by atoms with Gasteiger partial charge in [-0.3, -0.25) is 4.72 Å². The number of aryl methyl sites for hydroxylation is 1. The highest BCUT2D eigenvalue weighted by molar-refractivity contribution is 7.92. The monoisotopic (exact) mass is 343 g/mol. The van der Waals surface area contributed by atoms with E-state index in [1.807, 2.05) is 13.0 Å². The Hall–Kier alpha value is -2.80. The lowest BCUT2D eigenvalue weighted by Crippen LogP contribution is -2.14. The Morgan fingerprint density at radius 3 is 2.67 bits per heavy atom. The summed E-state index contributed by atoms with van der Waals surface area (Å²) < 4.78 is 34.9. The summed E-state index contributed by atoms with van der Waals surface area (Å²) in [7, 11) is -2.32. The molecule has 3 aromatic rings. The van der Waals surface area contributed by atoms with Gasteiger partial charge in [0.15, 0.2) is 0 Å². The predicted octanol–water partition coefficient (Wildman–Crippen LogP) is 2.99. The molecule has 0 saturated heterocycles. The Balaban J connectivity index is 1.96. The molecule has 2 aromatic carbocycles. The highest BCUT2D eigenvalue weighted by atomic mass is 32.2. The van der Waals surface area contributed by atoms with Crippen LogP contribution < -0.4 is 9.46 Å². The summed E-state index contributed by atoms with van der Waals surface area (Å²) in [4.78, 5) is 0.106. The van der Waals surface area contributed by atoms with E-state index in [0.29, 0.717) is 11.4 Å². The summed E-state index contributed by atoms with van der Waals surface area (Å²) in [5.41, 5.74) is 2.05. The molecule has 7 heteroatoms. The number of hydrogen-bond acceptors (Lipinski definition) is 4. The van der Waals surface area contributed by atoms with Crippen LogP contribution >= 0.6 is 0 Å². The molecule has 3 rings (SSSR count). The minimum atomic E-state index is -3.77. The number of rotatable bonds is 5. The van der Waals surface area contributed by atoms with Gasteiger partial charge in [-0.25, -0.2) is 13.1 Å². The lowest BCUT2D eigenvalue weighted by Gasteiger charge is -2.13. The minimum absolute atomic E-state index is 0.106. The van der Waals surface area contributed by atoms with E-state index in [0.717, 1.165) is 11.3 Å². The maximum Gasteiger partial charge on any atom is 0.265 e. The molecule has 24 heavy (non-hydrogen) atoms. The summed E-state index contributed by atoms with van der Waals surface area (Å²) in [6, 6.07) is 13.8. The minimum Gasteiger partial charge on any atom is -0.495 e. The molecule has 124 valence electrons. The van der Waals surface area contributed by atoms with Crippen molar-refractivity contribution in [2.45, 2.75) is 11.8 Å². The van der Waals surface area contributed by atoms with Gasteiger partial charge in [-0.2, -0.15) is 5.10 Å². The largest absolute Gasteiger partial charge is 0.495 e. The van der Waals surface area contributed by atoms with Crippen molar-refractivity contribution >= 4 is 15.7 Å². The van der Waals surface area contributed by atoms with Gasteiger partial charge in [-0.05, 0) is 48.9 Å². The van der Waals surface area contributed by atoms with Gasteiger partial charge >= 0.3 is 0 Å². The lowest BCUT2D eigenvalue weighted by molar-refractivity contribution is 0.402. The second-order valence-corrected chi connectivity index (χ2v) is 6.91. The SMILES string of the molecule is COc1ccc(C)cc1S(=O)(=O)Nc1cccc(-n2cccn2)c1. The van der Waals surface area contributed by atoms with Crippen molar-refractivity contribution in [1.82, 2.24) is 9.78 Å². The van der Waals surface area contributed by atoms with E-state index in [1.165, 1.54) is 7.11 Å². The topological polar surface area (TPSA) is 73.2 Å². The van der Waals surface area contributed by atoms with Gasteiger partial charge in [-0.15, -0.1) is 0 Å². The van der Waals surface area contributed by atoms with Gasteiger partial charge in [0.2, 0.25) is 0 Å². The Labute approximate surface area is 140 Å². The van der Waals surface area contributed by atoms with Crippen LogP contribution in [0.3, 0.4) is 0 Å². The molecule has 6 nitrogen and oxygen atoms in total. The van der Waals surface area contributed by atoms with Crippen LogP contribution in [0.25, 0.3) is 5.69 Å². The van der Waals surface area contributed by atoms with Crippen LogP contribution in [0.2, 0.25) is 0 Å². The molecule has 1 N–H and O–H groups in total. The molecule has 0 spiro atoms. The van der Waals surface area contributed by atoms with Crippen molar-refractivity contribution in [2.24, 2.45) is 0 Å². The van der Waals surface area contributed by atoms with Gasteiger partial charge < -0.3 is 4.74 Å². The number of nitrogens with one attached hydrogen (secondary N) is 1.